The van der Waals surface area contributed by atoms with E-state index in [1.807, 2.05) is 13.8 Å². The summed E-state index contributed by atoms with van der Waals surface area (Å²) in [5.41, 5.74) is 0.431. The molecule has 1 amide bonds. The fourth-order valence-corrected chi connectivity index (χ4v) is 9.49. The number of aliphatic hydroxyl groups is 2. The second-order valence-corrected chi connectivity index (χ2v) is 13.6. The number of hydrogen-bond donors (Lipinski definition) is 4. The first kappa shape index (κ1) is 26.9. The number of nitrogens with one attached hydrogen (secondary N) is 1. The van der Waals surface area contributed by atoms with Crippen LogP contribution in [0.5, 0.6) is 0 Å². The van der Waals surface area contributed by atoms with Gasteiger partial charge in [0.25, 0.3) is 0 Å². The first-order valence-corrected chi connectivity index (χ1v) is 14.3. The second kappa shape index (κ2) is 9.96. The minimum Gasteiger partial charge on any atom is -0.480 e. The van der Waals surface area contributed by atoms with Crippen molar-refractivity contribution in [1.82, 2.24) is 5.32 Å². The average molecular weight is 492 g/mol. The van der Waals surface area contributed by atoms with Crippen LogP contribution in [0.25, 0.3) is 0 Å². The van der Waals surface area contributed by atoms with Crippen LogP contribution in [0.4, 0.5) is 0 Å². The molecule has 0 saturated heterocycles. The average Bonchev–Trinajstić information content (AvgIpc) is 3.13. The molecule has 0 aliphatic heterocycles. The van der Waals surface area contributed by atoms with Crippen LogP contribution in [0.15, 0.2) is 0 Å². The van der Waals surface area contributed by atoms with E-state index in [1.54, 1.807) is 0 Å². The van der Waals surface area contributed by atoms with Crippen LogP contribution in [-0.4, -0.2) is 45.4 Å². The SMILES string of the molecule is CC(C)C(NC(=O)CC[C@@H](C)[C@H]1CC[C@H]2[C@@H]3[C@H](O)C[C@@H]4C[C@H](O)CC[C@]4(C)[C@H]3CC[C@]12C)C(=O)O. The highest BCUT2D eigenvalue weighted by Gasteiger charge is 2.62. The number of carboxylic acid groups (broad SMARTS) is 1. The van der Waals surface area contributed by atoms with E-state index < -0.39 is 12.0 Å². The fraction of sp³-hybridized carbons (Fsp3) is 0.931. The van der Waals surface area contributed by atoms with E-state index in [1.165, 1.54) is 6.42 Å². The maximum absolute atomic E-state index is 12.5. The maximum atomic E-state index is 12.5. The summed E-state index contributed by atoms with van der Waals surface area (Å²) < 4.78 is 0. The third kappa shape index (κ3) is 4.79. The number of hydrogen-bond acceptors (Lipinski definition) is 4. The number of carboxylic acids is 1. The Balaban J connectivity index is 1.41. The van der Waals surface area contributed by atoms with Gasteiger partial charge in [-0.1, -0.05) is 34.6 Å². The van der Waals surface area contributed by atoms with E-state index in [0.29, 0.717) is 41.9 Å². The van der Waals surface area contributed by atoms with Gasteiger partial charge in [-0.15, -0.1) is 0 Å². The molecule has 11 atom stereocenters. The maximum Gasteiger partial charge on any atom is 0.326 e. The van der Waals surface area contributed by atoms with E-state index in [2.05, 4.69) is 26.1 Å². The van der Waals surface area contributed by atoms with Crippen molar-refractivity contribution in [1.29, 1.82) is 0 Å². The van der Waals surface area contributed by atoms with E-state index >= 15 is 0 Å². The topological polar surface area (TPSA) is 107 Å². The fourth-order valence-electron chi connectivity index (χ4n) is 9.49. The highest BCUT2D eigenvalue weighted by molar-refractivity contribution is 5.83. The number of aliphatic carboxylic acids is 1. The lowest BCUT2D eigenvalue weighted by Gasteiger charge is -2.62. The molecule has 0 bridgehead atoms. The van der Waals surface area contributed by atoms with Gasteiger partial charge in [0, 0.05) is 6.42 Å². The van der Waals surface area contributed by atoms with Gasteiger partial charge in [-0.25, -0.2) is 4.79 Å². The molecule has 200 valence electrons. The smallest absolute Gasteiger partial charge is 0.326 e. The number of carbonyl (C=O) groups is 2. The quantitative estimate of drug-likeness (QED) is 0.416. The van der Waals surface area contributed by atoms with Gasteiger partial charge in [-0.3, -0.25) is 4.79 Å². The molecule has 0 heterocycles. The number of rotatable bonds is 7. The number of aliphatic hydroxyl groups excluding tert-OH is 2. The van der Waals surface area contributed by atoms with Crippen molar-refractivity contribution in [3.63, 3.8) is 0 Å². The van der Waals surface area contributed by atoms with Crippen LogP contribution in [-0.2, 0) is 9.59 Å². The molecule has 4 aliphatic carbocycles. The first-order chi connectivity index (χ1) is 16.4. The van der Waals surface area contributed by atoms with Gasteiger partial charge in [-0.2, -0.15) is 0 Å². The van der Waals surface area contributed by atoms with Crippen LogP contribution in [0.2, 0.25) is 0 Å². The van der Waals surface area contributed by atoms with Crippen molar-refractivity contribution in [2.45, 2.75) is 117 Å². The molecule has 0 aromatic carbocycles. The van der Waals surface area contributed by atoms with Gasteiger partial charge >= 0.3 is 5.97 Å². The van der Waals surface area contributed by atoms with Crippen molar-refractivity contribution in [2.75, 3.05) is 0 Å². The number of carbonyl (C=O) groups excluding carboxylic acids is 1. The lowest BCUT2D eigenvalue weighted by Crippen LogP contribution is -2.58. The molecular weight excluding hydrogens is 442 g/mol. The first-order valence-electron chi connectivity index (χ1n) is 14.3. The van der Waals surface area contributed by atoms with E-state index in [9.17, 15) is 24.9 Å². The minimum absolute atomic E-state index is 0.144. The second-order valence-electron chi connectivity index (χ2n) is 13.6. The zero-order chi connectivity index (χ0) is 25.7. The summed E-state index contributed by atoms with van der Waals surface area (Å²) in [4.78, 5) is 24.0. The molecule has 0 spiro atoms. The predicted octanol–water partition coefficient (Wildman–Crippen LogP) is 4.62. The van der Waals surface area contributed by atoms with Gasteiger partial charge < -0.3 is 20.6 Å². The zero-order valence-electron chi connectivity index (χ0n) is 22.5. The van der Waals surface area contributed by atoms with Crippen LogP contribution < -0.4 is 5.32 Å². The van der Waals surface area contributed by atoms with Crippen molar-refractivity contribution < 1.29 is 24.9 Å². The predicted molar refractivity (Wildman–Crippen MR) is 135 cm³/mol. The van der Waals surface area contributed by atoms with Crippen LogP contribution in [0.1, 0.15) is 98.8 Å². The molecule has 6 nitrogen and oxygen atoms in total. The van der Waals surface area contributed by atoms with Gasteiger partial charge in [0.1, 0.15) is 6.04 Å². The summed E-state index contributed by atoms with van der Waals surface area (Å²) in [7, 11) is 0. The number of fused-ring (bicyclic) bond motifs is 5. The molecule has 4 fully saturated rings. The molecule has 4 aliphatic rings. The van der Waals surface area contributed by atoms with Gasteiger partial charge in [0.05, 0.1) is 12.2 Å². The highest BCUT2D eigenvalue weighted by atomic mass is 16.4. The summed E-state index contributed by atoms with van der Waals surface area (Å²) in [6.07, 6.45) is 9.00. The van der Waals surface area contributed by atoms with E-state index in [0.717, 1.165) is 51.4 Å². The Labute approximate surface area is 211 Å². The van der Waals surface area contributed by atoms with Gasteiger partial charge in [0.15, 0.2) is 0 Å². The van der Waals surface area contributed by atoms with Crippen LogP contribution in [0, 0.1) is 52.3 Å². The molecule has 0 aromatic rings. The summed E-state index contributed by atoms with van der Waals surface area (Å²) in [5.74, 6) is 1.51. The normalized spacial score (nSPS) is 44.6. The Morgan fingerprint density at radius 3 is 2.26 bits per heavy atom. The summed E-state index contributed by atoms with van der Waals surface area (Å²) in [5, 5.41) is 33.8. The lowest BCUT2D eigenvalue weighted by molar-refractivity contribution is -0.174. The molecule has 0 radical (unpaired) electrons. The largest absolute Gasteiger partial charge is 0.480 e. The minimum atomic E-state index is -0.973. The Morgan fingerprint density at radius 2 is 1.60 bits per heavy atom. The van der Waals surface area contributed by atoms with Crippen LogP contribution >= 0.6 is 0 Å². The van der Waals surface area contributed by atoms with Crippen molar-refractivity contribution >= 4 is 11.9 Å². The molecule has 4 saturated carbocycles. The van der Waals surface area contributed by atoms with Crippen molar-refractivity contribution in [2.24, 2.45) is 52.3 Å². The van der Waals surface area contributed by atoms with E-state index in [4.69, 9.17) is 0 Å². The molecule has 6 heteroatoms. The van der Waals surface area contributed by atoms with Crippen molar-refractivity contribution in [3.8, 4) is 0 Å². The standard InChI is InChI=1S/C29H49NO5/c1-16(2)26(27(34)35)30-24(33)9-6-17(3)20-7-8-21-25-22(11-13-29(20,21)5)28(4)12-10-19(31)14-18(28)15-23(25)32/h16-23,25-26,31-32H,6-15H2,1-5H3,(H,30,33)(H,34,35)/t17-,18+,19-,20-,21+,22+,23-,25+,26?,28+,29-/m1/s1. The Kier molecular flexibility index (Phi) is 7.66. The summed E-state index contributed by atoms with van der Waals surface area (Å²) >= 11 is 0. The van der Waals surface area contributed by atoms with Gasteiger partial charge in [-0.05, 0) is 110 Å². The van der Waals surface area contributed by atoms with Gasteiger partial charge in [0.2, 0.25) is 5.91 Å². The summed E-state index contributed by atoms with van der Waals surface area (Å²) in [6.45, 7) is 10.8. The molecular formula is C29H49NO5. The lowest BCUT2D eigenvalue weighted by atomic mass is 9.43. The third-order valence-corrected chi connectivity index (χ3v) is 11.5. The molecule has 4 rings (SSSR count). The number of amides is 1. The Bertz CT molecular complexity index is 800. The van der Waals surface area contributed by atoms with Crippen molar-refractivity contribution in [3.05, 3.63) is 0 Å². The molecule has 35 heavy (non-hydrogen) atoms. The summed E-state index contributed by atoms with van der Waals surface area (Å²) in [6, 6.07) is -0.833. The molecule has 4 N–H and O–H groups in total. The third-order valence-electron chi connectivity index (χ3n) is 11.5. The molecule has 0 aromatic heterocycles. The Morgan fingerprint density at radius 1 is 0.943 bits per heavy atom. The van der Waals surface area contributed by atoms with Crippen LogP contribution in [0.3, 0.4) is 0 Å². The van der Waals surface area contributed by atoms with E-state index in [-0.39, 0.29) is 34.9 Å². The monoisotopic (exact) mass is 491 g/mol. The zero-order valence-corrected chi connectivity index (χ0v) is 22.5. The highest BCUT2D eigenvalue weighted by Crippen LogP contribution is 2.68. The molecule has 1 unspecified atom stereocenters. The Hall–Kier alpha value is -1.14.